The fourth-order valence-corrected chi connectivity index (χ4v) is 3.12. The van der Waals surface area contributed by atoms with Crippen molar-refractivity contribution in [3.8, 4) is 5.75 Å². The minimum atomic E-state index is 0.243. The number of nitrogens with one attached hydrogen (secondary N) is 1. The second-order valence-electron chi connectivity index (χ2n) is 6.38. The van der Waals surface area contributed by atoms with Gasteiger partial charge in [0.05, 0.1) is 0 Å². The Bertz CT molecular complexity index is 873. The molecule has 0 radical (unpaired) electrons. The summed E-state index contributed by atoms with van der Waals surface area (Å²) in [5, 5.41) is 23.8. The Morgan fingerprint density at radius 1 is 0.880 bits per heavy atom. The Kier molecular flexibility index (Phi) is 4.11. The van der Waals surface area contributed by atoms with Crippen LogP contribution in [-0.2, 0) is 0 Å². The van der Waals surface area contributed by atoms with Gasteiger partial charge in [-0.2, -0.15) is 0 Å². The summed E-state index contributed by atoms with van der Waals surface area (Å²) >= 11 is 0. The van der Waals surface area contributed by atoms with Crippen LogP contribution in [-0.4, -0.2) is 53.4 Å². The standard InChI is InChI=1S/C19H21N5O/c1-23-10-12-24(13-11-23)19-17-5-3-2-4-16(17)18(21-22-19)20-14-6-8-15(25)9-7-14/h2-9,25H,10-13H2,1H3,(H,20,21). The van der Waals surface area contributed by atoms with E-state index in [1.54, 1.807) is 12.1 Å². The molecule has 1 aliphatic rings. The largest absolute Gasteiger partial charge is 0.508 e. The van der Waals surface area contributed by atoms with Crippen molar-refractivity contribution in [3.05, 3.63) is 48.5 Å². The van der Waals surface area contributed by atoms with Crippen molar-refractivity contribution in [2.45, 2.75) is 0 Å². The molecule has 0 bridgehead atoms. The van der Waals surface area contributed by atoms with E-state index in [1.165, 1.54) is 0 Å². The molecule has 1 aromatic heterocycles. The number of anilines is 3. The van der Waals surface area contributed by atoms with Crippen molar-refractivity contribution < 1.29 is 5.11 Å². The van der Waals surface area contributed by atoms with Gasteiger partial charge in [0.2, 0.25) is 0 Å². The number of hydrogen-bond donors (Lipinski definition) is 2. The molecule has 1 aliphatic heterocycles. The number of nitrogens with zero attached hydrogens (tertiary/aromatic N) is 4. The van der Waals surface area contributed by atoms with Crippen molar-refractivity contribution in [2.24, 2.45) is 0 Å². The van der Waals surface area contributed by atoms with Crippen LogP contribution in [0.2, 0.25) is 0 Å². The molecule has 2 N–H and O–H groups in total. The monoisotopic (exact) mass is 335 g/mol. The summed E-state index contributed by atoms with van der Waals surface area (Å²) in [5.41, 5.74) is 0.865. The fraction of sp³-hybridized carbons (Fsp3) is 0.263. The molecule has 0 spiro atoms. The Morgan fingerprint density at radius 3 is 2.28 bits per heavy atom. The van der Waals surface area contributed by atoms with Crippen LogP contribution in [0.5, 0.6) is 5.75 Å². The number of rotatable bonds is 3. The van der Waals surface area contributed by atoms with Gasteiger partial charge in [-0.15, -0.1) is 10.2 Å². The first-order valence-electron chi connectivity index (χ1n) is 8.46. The van der Waals surface area contributed by atoms with E-state index in [0.29, 0.717) is 0 Å². The average molecular weight is 335 g/mol. The Hall–Kier alpha value is -2.86. The summed E-state index contributed by atoms with van der Waals surface area (Å²) in [5.74, 6) is 1.91. The molecule has 0 unspecified atom stereocenters. The first kappa shape index (κ1) is 15.7. The summed E-state index contributed by atoms with van der Waals surface area (Å²) in [6.07, 6.45) is 0. The van der Waals surface area contributed by atoms with Crippen LogP contribution in [0.3, 0.4) is 0 Å². The maximum atomic E-state index is 9.43. The molecule has 128 valence electrons. The molecule has 6 nitrogen and oxygen atoms in total. The van der Waals surface area contributed by atoms with Crippen molar-refractivity contribution in [3.63, 3.8) is 0 Å². The van der Waals surface area contributed by atoms with Crippen LogP contribution in [0.1, 0.15) is 0 Å². The Balaban J connectivity index is 1.70. The summed E-state index contributed by atoms with van der Waals surface area (Å²) in [6, 6.07) is 15.1. The van der Waals surface area contributed by atoms with Crippen LogP contribution in [0, 0.1) is 0 Å². The molecular weight excluding hydrogens is 314 g/mol. The third-order valence-corrected chi connectivity index (χ3v) is 4.60. The van der Waals surface area contributed by atoms with E-state index < -0.39 is 0 Å². The van der Waals surface area contributed by atoms with Crippen LogP contribution in [0.25, 0.3) is 10.8 Å². The summed E-state index contributed by atoms with van der Waals surface area (Å²) in [4.78, 5) is 4.63. The van der Waals surface area contributed by atoms with Gasteiger partial charge in [0.1, 0.15) is 5.75 Å². The minimum Gasteiger partial charge on any atom is -0.508 e. The van der Waals surface area contributed by atoms with Gasteiger partial charge in [-0.25, -0.2) is 0 Å². The molecule has 3 aromatic rings. The lowest BCUT2D eigenvalue weighted by Gasteiger charge is -2.33. The van der Waals surface area contributed by atoms with Gasteiger partial charge < -0.3 is 20.2 Å². The van der Waals surface area contributed by atoms with Crippen LogP contribution in [0.15, 0.2) is 48.5 Å². The van der Waals surface area contributed by atoms with Crippen molar-refractivity contribution in [1.29, 1.82) is 0 Å². The molecule has 1 fully saturated rings. The third-order valence-electron chi connectivity index (χ3n) is 4.60. The lowest BCUT2D eigenvalue weighted by molar-refractivity contribution is 0.312. The third kappa shape index (κ3) is 3.21. The number of piperazine rings is 1. The quantitative estimate of drug-likeness (QED) is 0.718. The maximum Gasteiger partial charge on any atom is 0.161 e. The highest BCUT2D eigenvalue weighted by atomic mass is 16.3. The topological polar surface area (TPSA) is 64.5 Å². The number of aromatic nitrogens is 2. The van der Waals surface area contributed by atoms with E-state index in [1.807, 2.05) is 24.3 Å². The first-order valence-corrected chi connectivity index (χ1v) is 8.46. The van der Waals surface area contributed by atoms with Crippen LogP contribution in [0.4, 0.5) is 17.3 Å². The number of benzene rings is 2. The highest BCUT2D eigenvalue weighted by molar-refractivity contribution is 5.99. The van der Waals surface area contributed by atoms with E-state index in [2.05, 4.69) is 44.5 Å². The summed E-state index contributed by atoms with van der Waals surface area (Å²) < 4.78 is 0. The lowest BCUT2D eigenvalue weighted by atomic mass is 10.1. The van der Waals surface area contributed by atoms with E-state index in [4.69, 9.17) is 0 Å². The van der Waals surface area contributed by atoms with E-state index in [-0.39, 0.29) is 5.75 Å². The molecule has 4 rings (SSSR count). The van der Waals surface area contributed by atoms with Crippen molar-refractivity contribution >= 4 is 28.1 Å². The molecule has 0 saturated carbocycles. The first-order chi connectivity index (χ1) is 12.2. The molecule has 0 amide bonds. The molecular formula is C19H21N5O. The number of aromatic hydroxyl groups is 1. The zero-order valence-corrected chi connectivity index (χ0v) is 14.2. The van der Waals surface area contributed by atoms with Crippen molar-refractivity contribution in [1.82, 2.24) is 15.1 Å². The number of fused-ring (bicyclic) bond motifs is 1. The molecule has 2 aromatic carbocycles. The van der Waals surface area contributed by atoms with Gasteiger partial charge in [-0.3, -0.25) is 0 Å². The minimum absolute atomic E-state index is 0.243. The lowest BCUT2D eigenvalue weighted by Crippen LogP contribution is -2.45. The normalized spacial score (nSPS) is 15.5. The summed E-state index contributed by atoms with van der Waals surface area (Å²) in [6.45, 7) is 3.98. The van der Waals surface area contributed by atoms with Gasteiger partial charge >= 0.3 is 0 Å². The van der Waals surface area contributed by atoms with Gasteiger partial charge in [-0.05, 0) is 31.3 Å². The van der Waals surface area contributed by atoms with Gasteiger partial charge in [0.15, 0.2) is 11.6 Å². The molecule has 1 saturated heterocycles. The van der Waals surface area contributed by atoms with E-state index in [9.17, 15) is 5.11 Å². The van der Waals surface area contributed by atoms with Gasteiger partial charge in [-0.1, -0.05) is 24.3 Å². The second-order valence-corrected chi connectivity index (χ2v) is 6.38. The number of phenolic OH excluding ortho intramolecular Hbond substituents is 1. The zero-order chi connectivity index (χ0) is 17.2. The Labute approximate surface area is 146 Å². The fourth-order valence-electron chi connectivity index (χ4n) is 3.12. The van der Waals surface area contributed by atoms with Gasteiger partial charge in [0, 0.05) is 42.6 Å². The smallest absolute Gasteiger partial charge is 0.161 e. The van der Waals surface area contributed by atoms with Crippen LogP contribution < -0.4 is 10.2 Å². The molecule has 25 heavy (non-hydrogen) atoms. The number of phenols is 1. The SMILES string of the molecule is CN1CCN(c2nnc(Nc3ccc(O)cc3)c3ccccc23)CC1. The number of hydrogen-bond acceptors (Lipinski definition) is 6. The van der Waals surface area contributed by atoms with Gasteiger partial charge in [0.25, 0.3) is 0 Å². The highest BCUT2D eigenvalue weighted by Gasteiger charge is 2.19. The van der Waals surface area contributed by atoms with E-state index >= 15 is 0 Å². The maximum absolute atomic E-state index is 9.43. The molecule has 0 aliphatic carbocycles. The predicted molar refractivity (Wildman–Crippen MR) is 101 cm³/mol. The summed E-state index contributed by atoms with van der Waals surface area (Å²) in [7, 11) is 2.14. The predicted octanol–water partition coefficient (Wildman–Crippen LogP) is 2.83. The molecule has 6 heteroatoms. The van der Waals surface area contributed by atoms with Crippen molar-refractivity contribution in [2.75, 3.05) is 43.4 Å². The second kappa shape index (κ2) is 6.57. The highest BCUT2D eigenvalue weighted by Crippen LogP contribution is 2.30. The van der Waals surface area contributed by atoms with Crippen LogP contribution >= 0.6 is 0 Å². The average Bonchev–Trinajstić information content (AvgIpc) is 2.65. The zero-order valence-electron chi connectivity index (χ0n) is 14.2. The molecule has 0 atom stereocenters. The number of likely N-dealkylation sites (N-methyl/N-ethyl adjacent to an activating group) is 1. The Morgan fingerprint density at radius 2 is 1.56 bits per heavy atom. The molecule has 2 heterocycles. The van der Waals surface area contributed by atoms with E-state index in [0.717, 1.165) is 54.3 Å².